The molecule has 4 rings (SSSR count). The molecule has 0 spiro atoms. The molecule has 1 N–H and O–H groups in total. The van der Waals surface area contributed by atoms with Crippen LogP contribution in [0.25, 0.3) is 34.2 Å². The van der Waals surface area contributed by atoms with Crippen molar-refractivity contribution in [3.63, 3.8) is 0 Å². The summed E-state index contributed by atoms with van der Waals surface area (Å²) >= 11 is 0. The Morgan fingerprint density at radius 2 is 1.64 bits per heavy atom. The minimum Gasteiger partial charge on any atom is -0.493 e. The Hall–Kier alpha value is -3.61. The number of hydrogen-bond acceptors (Lipinski definition) is 6. The quantitative estimate of drug-likeness (QED) is 0.555. The summed E-state index contributed by atoms with van der Waals surface area (Å²) in [7, 11) is 3.18. The molecular formula is C21H20N4O3. The Bertz CT molecular complexity index is 1130. The molecule has 0 aliphatic carbocycles. The zero-order valence-electron chi connectivity index (χ0n) is 16.1. The molecule has 0 fully saturated rings. The lowest BCUT2D eigenvalue weighted by Crippen LogP contribution is -1.91. The van der Waals surface area contributed by atoms with E-state index >= 15 is 0 Å². The van der Waals surface area contributed by atoms with Crippen molar-refractivity contribution in [3.8, 4) is 45.7 Å². The fraction of sp³-hybridized carbons (Fsp3) is 0.190. The van der Waals surface area contributed by atoms with Gasteiger partial charge in [-0.15, -0.1) is 0 Å². The molecule has 0 unspecified atom stereocenters. The largest absolute Gasteiger partial charge is 0.493 e. The summed E-state index contributed by atoms with van der Waals surface area (Å²) < 4.78 is 16.0. The third-order valence-corrected chi connectivity index (χ3v) is 4.68. The summed E-state index contributed by atoms with van der Waals surface area (Å²) in [6, 6.07) is 13.6. The van der Waals surface area contributed by atoms with Crippen molar-refractivity contribution in [2.24, 2.45) is 0 Å². The first-order chi connectivity index (χ1) is 13.6. The van der Waals surface area contributed by atoms with Gasteiger partial charge in [0.15, 0.2) is 11.5 Å². The van der Waals surface area contributed by atoms with E-state index in [1.54, 1.807) is 26.4 Å². The van der Waals surface area contributed by atoms with Crippen molar-refractivity contribution in [2.75, 3.05) is 14.2 Å². The highest BCUT2D eigenvalue weighted by Gasteiger charge is 2.15. The SMILES string of the molecule is COc1ccc(-c2noc(-c3cc(-c4ccc(C)c(C)c4)n[nH]3)n2)cc1OC. The molecule has 0 bridgehead atoms. The van der Waals surface area contributed by atoms with Gasteiger partial charge in [0, 0.05) is 11.1 Å². The number of aromatic nitrogens is 4. The number of hydrogen-bond donors (Lipinski definition) is 1. The van der Waals surface area contributed by atoms with Gasteiger partial charge in [-0.3, -0.25) is 5.10 Å². The molecule has 2 heterocycles. The molecule has 0 aliphatic heterocycles. The van der Waals surface area contributed by atoms with Crippen molar-refractivity contribution in [2.45, 2.75) is 13.8 Å². The van der Waals surface area contributed by atoms with Gasteiger partial charge in [-0.1, -0.05) is 17.3 Å². The van der Waals surface area contributed by atoms with Crippen LogP contribution < -0.4 is 9.47 Å². The third-order valence-electron chi connectivity index (χ3n) is 4.68. The zero-order valence-corrected chi connectivity index (χ0v) is 16.1. The number of rotatable bonds is 5. The summed E-state index contributed by atoms with van der Waals surface area (Å²) in [5, 5.41) is 11.4. The van der Waals surface area contributed by atoms with Crippen LogP contribution in [0.1, 0.15) is 11.1 Å². The first-order valence-corrected chi connectivity index (χ1v) is 8.78. The van der Waals surface area contributed by atoms with Crippen molar-refractivity contribution in [3.05, 3.63) is 53.6 Å². The maximum absolute atomic E-state index is 5.42. The fourth-order valence-corrected chi connectivity index (χ4v) is 2.91. The van der Waals surface area contributed by atoms with E-state index in [9.17, 15) is 0 Å². The zero-order chi connectivity index (χ0) is 19.7. The monoisotopic (exact) mass is 376 g/mol. The Balaban J connectivity index is 1.63. The topological polar surface area (TPSA) is 86.1 Å². The Morgan fingerprint density at radius 1 is 0.857 bits per heavy atom. The van der Waals surface area contributed by atoms with E-state index in [0.29, 0.717) is 28.9 Å². The second kappa shape index (κ2) is 7.19. The maximum Gasteiger partial charge on any atom is 0.276 e. The van der Waals surface area contributed by atoms with Crippen LogP contribution in [0, 0.1) is 13.8 Å². The molecule has 0 amide bonds. The number of H-pyrrole nitrogens is 1. The number of aryl methyl sites for hydroxylation is 2. The molecule has 2 aromatic heterocycles. The molecule has 0 atom stereocenters. The van der Waals surface area contributed by atoms with Crippen LogP contribution in [0.3, 0.4) is 0 Å². The van der Waals surface area contributed by atoms with E-state index in [1.807, 2.05) is 18.2 Å². The molecule has 7 nitrogen and oxygen atoms in total. The maximum atomic E-state index is 5.42. The molecule has 2 aromatic carbocycles. The molecule has 0 saturated heterocycles. The van der Waals surface area contributed by atoms with Crippen LogP contribution >= 0.6 is 0 Å². The van der Waals surface area contributed by atoms with Gasteiger partial charge >= 0.3 is 0 Å². The van der Waals surface area contributed by atoms with Gasteiger partial charge in [0.05, 0.1) is 19.9 Å². The van der Waals surface area contributed by atoms with E-state index < -0.39 is 0 Å². The fourth-order valence-electron chi connectivity index (χ4n) is 2.91. The molecule has 142 valence electrons. The summed E-state index contributed by atoms with van der Waals surface area (Å²) in [6.07, 6.45) is 0. The molecule has 4 aromatic rings. The normalized spacial score (nSPS) is 10.9. The van der Waals surface area contributed by atoms with E-state index in [1.165, 1.54) is 11.1 Å². The predicted molar refractivity (Wildman–Crippen MR) is 105 cm³/mol. The molecule has 0 aliphatic rings. The number of aromatic amines is 1. The number of nitrogens with one attached hydrogen (secondary N) is 1. The van der Waals surface area contributed by atoms with Crippen molar-refractivity contribution in [1.29, 1.82) is 0 Å². The number of nitrogens with zero attached hydrogens (tertiary/aromatic N) is 3. The van der Waals surface area contributed by atoms with Crippen molar-refractivity contribution in [1.82, 2.24) is 20.3 Å². The molecule has 0 radical (unpaired) electrons. The van der Waals surface area contributed by atoms with Gasteiger partial charge in [0.2, 0.25) is 5.82 Å². The van der Waals surface area contributed by atoms with Gasteiger partial charge in [0.1, 0.15) is 5.69 Å². The predicted octanol–water partition coefficient (Wildman–Crippen LogP) is 4.43. The van der Waals surface area contributed by atoms with Gasteiger partial charge in [-0.2, -0.15) is 10.1 Å². The van der Waals surface area contributed by atoms with Crippen LogP contribution in [-0.2, 0) is 0 Å². The third kappa shape index (κ3) is 3.22. The van der Waals surface area contributed by atoms with Crippen LogP contribution in [-0.4, -0.2) is 34.6 Å². The van der Waals surface area contributed by atoms with Crippen molar-refractivity contribution >= 4 is 0 Å². The average molecular weight is 376 g/mol. The lowest BCUT2D eigenvalue weighted by atomic mass is 10.0. The van der Waals surface area contributed by atoms with Crippen molar-refractivity contribution < 1.29 is 14.0 Å². The van der Waals surface area contributed by atoms with Crippen LogP contribution in [0.4, 0.5) is 0 Å². The van der Waals surface area contributed by atoms with Crippen LogP contribution in [0.2, 0.25) is 0 Å². The number of ether oxygens (including phenoxy) is 2. The highest BCUT2D eigenvalue weighted by Crippen LogP contribution is 2.32. The van der Waals surface area contributed by atoms with Gasteiger partial charge < -0.3 is 14.0 Å². The lowest BCUT2D eigenvalue weighted by molar-refractivity contribution is 0.355. The van der Waals surface area contributed by atoms with E-state index in [-0.39, 0.29) is 0 Å². The second-order valence-electron chi connectivity index (χ2n) is 6.46. The Labute approximate surface area is 162 Å². The smallest absolute Gasteiger partial charge is 0.276 e. The highest BCUT2D eigenvalue weighted by molar-refractivity contribution is 5.67. The minimum atomic E-state index is 0.368. The standard InChI is InChI=1S/C21H20N4O3/c1-12-5-6-14(9-13(12)2)16-11-17(24-23-16)21-22-20(25-28-21)15-7-8-18(26-3)19(10-15)27-4/h5-11H,1-4H3,(H,23,24). The first kappa shape index (κ1) is 17.8. The Kier molecular flexibility index (Phi) is 4.57. The number of benzene rings is 2. The molecule has 7 heteroatoms. The van der Waals surface area contributed by atoms with E-state index in [2.05, 4.69) is 46.3 Å². The summed E-state index contributed by atoms with van der Waals surface area (Å²) in [6.45, 7) is 4.17. The molecular weight excluding hydrogens is 356 g/mol. The summed E-state index contributed by atoms with van der Waals surface area (Å²) in [4.78, 5) is 4.47. The number of methoxy groups -OCH3 is 2. The van der Waals surface area contributed by atoms with Crippen LogP contribution in [0.5, 0.6) is 11.5 Å². The highest BCUT2D eigenvalue weighted by atomic mass is 16.5. The lowest BCUT2D eigenvalue weighted by Gasteiger charge is -2.07. The summed E-state index contributed by atoms with van der Waals surface area (Å²) in [5.41, 5.74) is 5.75. The van der Waals surface area contributed by atoms with Crippen LogP contribution in [0.15, 0.2) is 47.0 Å². The average Bonchev–Trinajstić information content (AvgIpc) is 3.39. The van der Waals surface area contributed by atoms with E-state index in [0.717, 1.165) is 16.8 Å². The summed E-state index contributed by atoms with van der Waals surface area (Å²) in [5.74, 6) is 2.07. The minimum absolute atomic E-state index is 0.368. The van der Waals surface area contributed by atoms with Gasteiger partial charge in [-0.05, 0) is 55.3 Å². The van der Waals surface area contributed by atoms with E-state index in [4.69, 9.17) is 14.0 Å². The molecule has 28 heavy (non-hydrogen) atoms. The second-order valence-corrected chi connectivity index (χ2v) is 6.46. The Morgan fingerprint density at radius 3 is 2.39 bits per heavy atom. The molecule has 0 saturated carbocycles. The first-order valence-electron chi connectivity index (χ1n) is 8.78. The van der Waals surface area contributed by atoms with Gasteiger partial charge in [0.25, 0.3) is 5.89 Å². The van der Waals surface area contributed by atoms with Gasteiger partial charge in [-0.25, -0.2) is 0 Å².